The highest BCUT2D eigenvalue weighted by atomic mass is 19.1. The van der Waals surface area contributed by atoms with Gasteiger partial charge in [0.05, 0.1) is 13.3 Å². The van der Waals surface area contributed by atoms with Crippen LogP contribution in [0.3, 0.4) is 0 Å². The van der Waals surface area contributed by atoms with Gasteiger partial charge in [-0.15, -0.1) is 0 Å². The second kappa shape index (κ2) is 2.47. The van der Waals surface area contributed by atoms with Crippen molar-refractivity contribution >= 4 is 5.97 Å². The number of esters is 1. The second-order valence-electron chi connectivity index (χ2n) is 1.58. The highest BCUT2D eigenvalue weighted by Crippen LogP contribution is 1.96. The lowest BCUT2D eigenvalue weighted by molar-refractivity contribution is 0.0594. The van der Waals surface area contributed by atoms with E-state index >= 15 is 0 Å². The van der Waals surface area contributed by atoms with Crippen molar-refractivity contribution in [2.45, 2.75) is 0 Å². The van der Waals surface area contributed by atoms with Gasteiger partial charge in [-0.2, -0.15) is 4.39 Å². The summed E-state index contributed by atoms with van der Waals surface area (Å²) in [5.41, 5.74) is 0.0139. The summed E-state index contributed by atoms with van der Waals surface area (Å²) in [7, 11) is 1.21. The van der Waals surface area contributed by atoms with E-state index in [1.54, 1.807) is 0 Å². The second-order valence-corrected chi connectivity index (χ2v) is 1.58. The van der Waals surface area contributed by atoms with Crippen LogP contribution in [0.25, 0.3) is 0 Å². The number of carbonyl (C=O) groups excluding carboxylic acids is 1. The number of aromatic amines is 1. The van der Waals surface area contributed by atoms with E-state index in [4.69, 9.17) is 0 Å². The van der Waals surface area contributed by atoms with Crippen LogP contribution in [0.5, 0.6) is 0 Å². The van der Waals surface area contributed by atoms with Crippen LogP contribution >= 0.6 is 0 Å². The van der Waals surface area contributed by atoms with E-state index < -0.39 is 12.0 Å². The molecule has 10 heavy (non-hydrogen) atoms. The standard InChI is InChI=1S/C5H5FN2O2/c1-10-4(9)3-2-7-5(6)8-3/h2H,1H3,(H,7,8). The van der Waals surface area contributed by atoms with Crippen molar-refractivity contribution in [1.29, 1.82) is 0 Å². The van der Waals surface area contributed by atoms with Crippen LogP contribution in [-0.2, 0) is 4.74 Å². The van der Waals surface area contributed by atoms with Gasteiger partial charge in [-0.3, -0.25) is 0 Å². The molecule has 0 aromatic carbocycles. The number of H-pyrrole nitrogens is 1. The molecule has 5 heteroatoms. The van der Waals surface area contributed by atoms with Gasteiger partial charge in [0.15, 0.2) is 0 Å². The number of nitrogens with zero attached hydrogens (tertiary/aromatic N) is 1. The zero-order valence-electron chi connectivity index (χ0n) is 5.22. The van der Waals surface area contributed by atoms with Gasteiger partial charge in [-0.05, 0) is 0 Å². The van der Waals surface area contributed by atoms with Gasteiger partial charge in [0, 0.05) is 0 Å². The van der Waals surface area contributed by atoms with Gasteiger partial charge in [0.25, 0.3) is 6.08 Å². The van der Waals surface area contributed by atoms with E-state index in [2.05, 4.69) is 14.7 Å². The summed E-state index contributed by atoms with van der Waals surface area (Å²) in [6.45, 7) is 0. The largest absolute Gasteiger partial charge is 0.464 e. The summed E-state index contributed by atoms with van der Waals surface area (Å²) in [6.07, 6.45) is 0.279. The number of imidazole rings is 1. The van der Waals surface area contributed by atoms with E-state index in [1.807, 2.05) is 0 Å². The fourth-order valence-electron chi connectivity index (χ4n) is 0.511. The van der Waals surface area contributed by atoms with Crippen molar-refractivity contribution in [2.24, 2.45) is 0 Å². The Morgan fingerprint density at radius 3 is 3.00 bits per heavy atom. The number of aromatic nitrogens is 2. The Hall–Kier alpha value is -1.39. The number of carbonyl (C=O) groups is 1. The molecule has 0 amide bonds. The van der Waals surface area contributed by atoms with E-state index in [-0.39, 0.29) is 5.69 Å². The van der Waals surface area contributed by atoms with E-state index in [1.165, 1.54) is 7.11 Å². The number of methoxy groups -OCH3 is 1. The summed E-state index contributed by atoms with van der Waals surface area (Å²) in [6, 6.07) is 0. The summed E-state index contributed by atoms with van der Waals surface area (Å²) < 4.78 is 16.3. The maximum atomic E-state index is 12.0. The number of nitrogens with one attached hydrogen (secondary N) is 1. The van der Waals surface area contributed by atoms with Gasteiger partial charge in [-0.25, -0.2) is 9.78 Å². The first-order valence-corrected chi connectivity index (χ1v) is 2.53. The minimum Gasteiger partial charge on any atom is -0.464 e. The average Bonchev–Trinajstić information content (AvgIpc) is 2.34. The fourth-order valence-corrected chi connectivity index (χ4v) is 0.511. The van der Waals surface area contributed by atoms with Gasteiger partial charge in [0.1, 0.15) is 5.69 Å². The van der Waals surface area contributed by atoms with Gasteiger partial charge < -0.3 is 9.72 Å². The third kappa shape index (κ3) is 1.12. The van der Waals surface area contributed by atoms with Crippen molar-refractivity contribution in [3.05, 3.63) is 18.0 Å². The van der Waals surface area contributed by atoms with Crippen LogP contribution in [0, 0.1) is 6.08 Å². The Labute approximate surface area is 56.0 Å². The van der Waals surface area contributed by atoms with Crippen molar-refractivity contribution in [2.75, 3.05) is 7.11 Å². The van der Waals surface area contributed by atoms with Crippen molar-refractivity contribution in [1.82, 2.24) is 9.97 Å². The fraction of sp³-hybridized carbons (Fsp3) is 0.200. The van der Waals surface area contributed by atoms with Gasteiger partial charge >= 0.3 is 5.97 Å². The zero-order valence-corrected chi connectivity index (χ0v) is 5.22. The molecule has 0 aliphatic carbocycles. The molecule has 1 heterocycles. The minimum absolute atomic E-state index is 0.0139. The molecule has 0 aliphatic heterocycles. The molecule has 0 saturated carbocycles. The molecule has 0 unspecified atom stereocenters. The average molecular weight is 144 g/mol. The third-order valence-electron chi connectivity index (χ3n) is 0.950. The highest BCUT2D eigenvalue weighted by Gasteiger charge is 2.07. The van der Waals surface area contributed by atoms with E-state index in [9.17, 15) is 9.18 Å². The van der Waals surface area contributed by atoms with Crippen molar-refractivity contribution in [3.63, 3.8) is 0 Å². The summed E-state index contributed by atoms with van der Waals surface area (Å²) in [4.78, 5) is 15.8. The van der Waals surface area contributed by atoms with E-state index in [0.717, 1.165) is 6.20 Å². The molecular weight excluding hydrogens is 139 g/mol. The molecule has 0 radical (unpaired) electrons. The molecule has 0 aliphatic rings. The Morgan fingerprint density at radius 1 is 1.90 bits per heavy atom. The smallest absolute Gasteiger partial charge is 0.356 e. The van der Waals surface area contributed by atoms with Crippen LogP contribution in [0.4, 0.5) is 4.39 Å². The Balaban J connectivity index is 2.85. The number of halogens is 1. The molecule has 0 spiro atoms. The molecule has 4 nitrogen and oxygen atoms in total. The quantitative estimate of drug-likeness (QED) is 0.578. The molecular formula is C5H5FN2O2. The number of hydrogen-bond donors (Lipinski definition) is 1. The minimum atomic E-state index is -0.791. The number of hydrogen-bond acceptors (Lipinski definition) is 3. The van der Waals surface area contributed by atoms with Crippen LogP contribution in [0.15, 0.2) is 6.20 Å². The SMILES string of the molecule is COC(=O)c1cnc(F)[nH]1. The zero-order chi connectivity index (χ0) is 7.56. The third-order valence-corrected chi connectivity index (χ3v) is 0.950. The summed E-state index contributed by atoms with van der Waals surface area (Å²) >= 11 is 0. The first kappa shape index (κ1) is 6.73. The normalized spacial score (nSPS) is 9.40. The summed E-state index contributed by atoms with van der Waals surface area (Å²) in [5.74, 6) is -0.628. The predicted octanol–water partition coefficient (Wildman–Crippen LogP) is 0.335. The molecule has 0 saturated heterocycles. The molecule has 0 fully saturated rings. The first-order chi connectivity index (χ1) is 4.74. The van der Waals surface area contributed by atoms with Crippen LogP contribution in [0.1, 0.15) is 10.5 Å². The van der Waals surface area contributed by atoms with E-state index in [0.29, 0.717) is 0 Å². The van der Waals surface area contributed by atoms with Gasteiger partial charge in [-0.1, -0.05) is 0 Å². The maximum Gasteiger partial charge on any atom is 0.356 e. The Bertz CT molecular complexity index is 246. The van der Waals surface area contributed by atoms with Crippen molar-refractivity contribution < 1.29 is 13.9 Å². The number of rotatable bonds is 1. The number of ether oxygens (including phenoxy) is 1. The molecule has 0 atom stereocenters. The topological polar surface area (TPSA) is 55.0 Å². The lowest BCUT2D eigenvalue weighted by Gasteiger charge is -1.90. The van der Waals surface area contributed by atoms with Crippen LogP contribution in [0.2, 0.25) is 0 Å². The molecule has 54 valence electrons. The van der Waals surface area contributed by atoms with Crippen molar-refractivity contribution in [3.8, 4) is 0 Å². The first-order valence-electron chi connectivity index (χ1n) is 2.53. The Kier molecular flexibility index (Phi) is 1.66. The molecule has 1 rings (SSSR count). The molecule has 0 bridgehead atoms. The van der Waals surface area contributed by atoms with Crippen LogP contribution < -0.4 is 0 Å². The summed E-state index contributed by atoms with van der Waals surface area (Å²) in [5, 5.41) is 0. The van der Waals surface area contributed by atoms with Gasteiger partial charge in [0.2, 0.25) is 0 Å². The lowest BCUT2D eigenvalue weighted by atomic mass is 10.5. The molecule has 1 aromatic heterocycles. The molecule has 1 N–H and O–H groups in total. The lowest BCUT2D eigenvalue weighted by Crippen LogP contribution is -2.00. The maximum absolute atomic E-state index is 12.0. The Morgan fingerprint density at radius 2 is 2.60 bits per heavy atom. The van der Waals surface area contributed by atoms with Crippen LogP contribution in [-0.4, -0.2) is 23.0 Å². The molecule has 1 aromatic rings. The predicted molar refractivity (Wildman–Crippen MR) is 29.9 cm³/mol. The highest BCUT2D eigenvalue weighted by molar-refractivity contribution is 5.86. The monoisotopic (exact) mass is 144 g/mol.